The Morgan fingerprint density at radius 1 is 1.17 bits per heavy atom. The van der Waals surface area contributed by atoms with Gasteiger partial charge in [0.2, 0.25) is 5.91 Å². The van der Waals surface area contributed by atoms with Gasteiger partial charge in [-0.3, -0.25) is 4.79 Å². The first-order valence-corrected chi connectivity index (χ1v) is 16.6. The van der Waals surface area contributed by atoms with E-state index in [2.05, 4.69) is 23.5 Å². The fraction of sp³-hybridized carbons (Fsp3) is 0.556. The average Bonchev–Trinajstić information content (AvgIpc) is 3.80. The minimum Gasteiger partial charge on any atom is -0.497 e. The van der Waals surface area contributed by atoms with E-state index >= 15 is 0 Å². The van der Waals surface area contributed by atoms with Gasteiger partial charge in [-0.2, -0.15) is 0 Å². The maximum atomic E-state index is 14.2. The first-order valence-electron chi connectivity index (χ1n) is 16.6. The number of nitrogens with one attached hydrogen (secondary N) is 1. The quantitative estimate of drug-likeness (QED) is 0.189. The fourth-order valence-corrected chi connectivity index (χ4v) is 7.58. The summed E-state index contributed by atoms with van der Waals surface area (Å²) in [5.41, 5.74) is 0.651. The molecule has 2 heterocycles. The van der Waals surface area contributed by atoms with Crippen molar-refractivity contribution in [1.29, 1.82) is 0 Å². The predicted molar refractivity (Wildman–Crippen MR) is 176 cm³/mol. The van der Waals surface area contributed by atoms with Crippen LogP contribution in [0.25, 0.3) is 17.0 Å². The minimum absolute atomic E-state index is 0.0611. The van der Waals surface area contributed by atoms with Crippen molar-refractivity contribution in [2.45, 2.75) is 101 Å². The maximum absolute atomic E-state index is 14.2. The third kappa shape index (κ3) is 7.32. The molecule has 1 aliphatic heterocycles. The summed E-state index contributed by atoms with van der Waals surface area (Å²) >= 11 is 0. The highest BCUT2D eigenvalue weighted by Gasteiger charge is 2.47. The van der Waals surface area contributed by atoms with Gasteiger partial charge in [0, 0.05) is 11.8 Å². The van der Waals surface area contributed by atoms with Crippen LogP contribution in [-0.4, -0.2) is 70.4 Å². The van der Waals surface area contributed by atoms with Crippen LogP contribution in [0.3, 0.4) is 0 Å². The number of aromatic nitrogens is 1. The number of amides is 2. The van der Waals surface area contributed by atoms with Gasteiger partial charge in [0.15, 0.2) is 0 Å². The molecule has 2 N–H and O–H groups in total. The number of unbranched alkanes of at least 4 members (excludes halogenated alkanes) is 1. The molecule has 0 bridgehead atoms. The maximum Gasteiger partial charge on any atom is 0.408 e. The molecule has 5 rings (SSSR count). The van der Waals surface area contributed by atoms with Crippen LogP contribution in [-0.2, 0) is 14.3 Å². The van der Waals surface area contributed by atoms with Gasteiger partial charge < -0.3 is 29.5 Å². The smallest absolute Gasteiger partial charge is 0.408 e. The Morgan fingerprint density at radius 2 is 1.96 bits per heavy atom. The number of fused-ring (bicyclic) bond motifs is 1. The van der Waals surface area contributed by atoms with Crippen molar-refractivity contribution >= 4 is 34.9 Å². The zero-order valence-electron chi connectivity index (χ0n) is 27.0. The molecular formula is C36H47N3O7. The number of rotatable bonds is 13. The van der Waals surface area contributed by atoms with Gasteiger partial charge in [-0.1, -0.05) is 25.5 Å². The van der Waals surface area contributed by atoms with Crippen LogP contribution >= 0.6 is 0 Å². The number of carbonyl (C=O) groups excluding carboxylic acids is 2. The zero-order valence-corrected chi connectivity index (χ0v) is 27.0. The van der Waals surface area contributed by atoms with Crippen LogP contribution < -0.4 is 14.8 Å². The van der Waals surface area contributed by atoms with Crippen molar-refractivity contribution in [3.8, 4) is 11.5 Å². The lowest BCUT2D eigenvalue weighted by Crippen LogP contribution is -2.55. The van der Waals surface area contributed by atoms with Gasteiger partial charge in [-0.15, -0.1) is 6.58 Å². The summed E-state index contributed by atoms with van der Waals surface area (Å²) in [7, 11) is 1.59. The lowest BCUT2D eigenvalue weighted by Gasteiger charge is -2.34. The topological polar surface area (TPSA) is 127 Å². The third-order valence-electron chi connectivity index (χ3n) is 10.1. The number of aliphatic carboxylic acids is 1. The van der Waals surface area contributed by atoms with Gasteiger partial charge >= 0.3 is 12.1 Å². The Bertz CT molecular complexity index is 1450. The van der Waals surface area contributed by atoms with E-state index in [0.29, 0.717) is 17.2 Å². The molecule has 0 unspecified atom stereocenters. The molecule has 3 fully saturated rings. The van der Waals surface area contributed by atoms with Gasteiger partial charge in [-0.05, 0) is 100 Å². The van der Waals surface area contributed by atoms with Crippen molar-refractivity contribution in [2.75, 3.05) is 13.7 Å². The molecule has 2 amide bonds. The third-order valence-corrected chi connectivity index (χ3v) is 10.1. The molecule has 46 heavy (non-hydrogen) atoms. The molecule has 0 radical (unpaired) electrons. The Kier molecular flexibility index (Phi) is 10.5. The highest BCUT2D eigenvalue weighted by molar-refractivity contribution is 5.90. The van der Waals surface area contributed by atoms with E-state index in [9.17, 15) is 19.5 Å². The molecule has 2 saturated carbocycles. The van der Waals surface area contributed by atoms with Gasteiger partial charge in [0.05, 0.1) is 19.2 Å². The first kappa shape index (κ1) is 33.3. The zero-order chi connectivity index (χ0) is 32.8. The van der Waals surface area contributed by atoms with Crippen molar-refractivity contribution in [3.05, 3.63) is 49.2 Å². The summed E-state index contributed by atoms with van der Waals surface area (Å²) in [5.74, 6) is -0.255. The van der Waals surface area contributed by atoms with Crippen LogP contribution in [0, 0.1) is 11.8 Å². The summed E-state index contributed by atoms with van der Waals surface area (Å²) in [6, 6.07) is 5.37. The van der Waals surface area contributed by atoms with Gasteiger partial charge in [0.25, 0.3) is 0 Å². The molecule has 2 aromatic rings. The molecule has 1 aromatic heterocycles. The van der Waals surface area contributed by atoms with Crippen LogP contribution in [0.1, 0.15) is 83.2 Å². The number of allylic oxidation sites excluding steroid dienone is 1. The number of carboxylic acid groups (broad SMARTS) is 1. The first-order chi connectivity index (χ1) is 22.1. The number of nitrogens with zero attached hydrogens (tertiary/aromatic N) is 2. The van der Waals surface area contributed by atoms with Crippen LogP contribution in [0.5, 0.6) is 11.5 Å². The molecule has 10 heteroatoms. The van der Waals surface area contributed by atoms with Crippen LogP contribution in [0.15, 0.2) is 43.5 Å². The standard InChI is InChI=1S/C36H47N3O7/c1-5-7-8-14-25-15-11-18-36(25,3)46-35(43)38-32(23-12-9-10-13-23)33(40)39-22-27(21-30(39)34(41)42)45-31-20-24-19-26(44-4)16-17-29(24)37-28(31)6-2/h5-6,16-17,19-20,23,25,27,30,32H,1-2,7-15,18,21-22H2,3-4H3,(H,38,43)(H,41,42)/t25-,27+,30-,32-,36+/m0/s1. The summed E-state index contributed by atoms with van der Waals surface area (Å²) in [6.45, 7) is 9.73. The normalized spacial score (nSPS) is 25.3. The second kappa shape index (κ2) is 14.6. The van der Waals surface area contributed by atoms with Gasteiger partial charge in [-0.25, -0.2) is 14.6 Å². The number of methoxy groups -OCH3 is 1. The Hall–Kier alpha value is -4.08. The van der Waals surface area contributed by atoms with E-state index in [1.807, 2.05) is 37.3 Å². The highest BCUT2D eigenvalue weighted by atomic mass is 16.6. The largest absolute Gasteiger partial charge is 0.497 e. The number of hydrogen-bond donors (Lipinski definition) is 2. The molecule has 3 aliphatic rings. The average molecular weight is 634 g/mol. The monoisotopic (exact) mass is 633 g/mol. The van der Waals surface area contributed by atoms with E-state index in [-0.39, 0.29) is 24.8 Å². The van der Waals surface area contributed by atoms with Crippen molar-refractivity contribution in [1.82, 2.24) is 15.2 Å². The highest BCUT2D eigenvalue weighted by Crippen LogP contribution is 2.42. The number of ether oxygens (including phenoxy) is 3. The summed E-state index contributed by atoms with van der Waals surface area (Å²) in [5, 5.41) is 13.9. The molecule has 1 aromatic carbocycles. The fourth-order valence-electron chi connectivity index (χ4n) is 7.58. The lowest BCUT2D eigenvalue weighted by atomic mass is 9.88. The molecule has 10 nitrogen and oxygen atoms in total. The van der Waals surface area contributed by atoms with Crippen molar-refractivity contribution < 1.29 is 33.7 Å². The molecular weight excluding hydrogens is 586 g/mol. The second-order valence-corrected chi connectivity index (χ2v) is 13.1. The Labute approximate surface area is 271 Å². The number of pyridine rings is 1. The van der Waals surface area contributed by atoms with Crippen LogP contribution in [0.4, 0.5) is 4.79 Å². The van der Waals surface area contributed by atoms with E-state index in [1.165, 1.54) is 4.90 Å². The number of carbonyl (C=O) groups is 3. The van der Waals surface area contributed by atoms with Crippen molar-refractivity contribution in [3.63, 3.8) is 0 Å². The Morgan fingerprint density at radius 3 is 2.65 bits per heavy atom. The minimum atomic E-state index is -1.11. The van der Waals surface area contributed by atoms with E-state index < -0.39 is 41.8 Å². The SMILES string of the molecule is C=CCCC[C@H]1CCC[C@@]1(C)OC(=O)N[C@H](C(=O)N1C[C@H](Oc2cc3cc(OC)ccc3nc2C=C)C[C@H]1C(=O)O)C1CCCC1. The van der Waals surface area contributed by atoms with Crippen molar-refractivity contribution in [2.24, 2.45) is 11.8 Å². The molecule has 0 spiro atoms. The van der Waals surface area contributed by atoms with Crippen LogP contribution in [0.2, 0.25) is 0 Å². The molecule has 1 saturated heterocycles. The lowest BCUT2D eigenvalue weighted by molar-refractivity contribution is -0.149. The summed E-state index contributed by atoms with van der Waals surface area (Å²) in [6.07, 6.45) is 11.4. The number of carboxylic acids is 1. The number of likely N-dealkylation sites (tertiary alicyclic amines) is 1. The number of benzene rings is 1. The molecule has 248 valence electrons. The summed E-state index contributed by atoms with van der Waals surface area (Å²) in [4.78, 5) is 46.1. The predicted octanol–water partition coefficient (Wildman–Crippen LogP) is 6.52. The second-order valence-electron chi connectivity index (χ2n) is 13.1. The van der Waals surface area contributed by atoms with E-state index in [4.69, 9.17) is 14.2 Å². The summed E-state index contributed by atoms with van der Waals surface area (Å²) < 4.78 is 17.8. The van der Waals surface area contributed by atoms with E-state index in [0.717, 1.165) is 75.1 Å². The number of hydrogen-bond acceptors (Lipinski definition) is 7. The molecule has 2 aliphatic carbocycles. The number of alkyl carbamates (subject to hydrolysis) is 1. The van der Waals surface area contributed by atoms with E-state index in [1.54, 1.807) is 13.2 Å². The Balaban J connectivity index is 1.32. The molecule has 5 atom stereocenters. The van der Waals surface area contributed by atoms with Gasteiger partial charge in [0.1, 0.15) is 41.0 Å².